The van der Waals surface area contributed by atoms with Gasteiger partial charge in [0.05, 0.1) is 5.75 Å². The fourth-order valence-corrected chi connectivity index (χ4v) is 1.22. The summed E-state index contributed by atoms with van der Waals surface area (Å²) in [6, 6.07) is 8.05. The molecule has 0 fully saturated rings. The van der Waals surface area contributed by atoms with E-state index in [4.69, 9.17) is 4.74 Å². The number of rotatable bonds is 4. The number of para-hydroxylation sites is 1. The summed E-state index contributed by atoms with van der Waals surface area (Å²) < 4.78 is 4.99. The first-order valence-electron chi connectivity index (χ1n) is 4.38. The minimum atomic E-state index is 0. The molecular weight excluding hydrogens is 874 g/mol. The molecule has 0 aliphatic rings. The van der Waals surface area contributed by atoms with Crippen molar-refractivity contribution in [2.24, 2.45) is 0 Å². The van der Waals surface area contributed by atoms with E-state index in [0.717, 1.165) is 12.2 Å². The molecule has 0 unspecified atom stereocenters. The number of aryl methyl sites for hydroxylation is 1. The van der Waals surface area contributed by atoms with Crippen LogP contribution >= 0.6 is 0 Å². The minimum Gasteiger partial charge on any atom is -0.665 e. The Kier molecular flexibility index (Phi) is 28.6. The third kappa shape index (κ3) is 10.1. The number of ether oxygens (including phenoxy) is 1. The molecule has 0 aliphatic heterocycles. The van der Waals surface area contributed by atoms with E-state index in [2.05, 4.69) is 20.1 Å². The second kappa shape index (κ2) is 17.2. The molecule has 0 amide bonds. The Hall–Kier alpha value is 2.18. The largest absolute Gasteiger partial charge is 2.00 e. The van der Waals surface area contributed by atoms with Crippen molar-refractivity contribution in [3.8, 4) is 5.75 Å². The standard InChI is InChI=1S/C11H15O.CH3.3U/c1-3-4-7-10-8-5-6-9-11(10)12-2;;;;/h5-6,8-9H,2-4,7H2,1H3;1H3;;;/q2*-1;;;+2. The summed E-state index contributed by atoms with van der Waals surface area (Å²) in [5, 5.41) is 0. The van der Waals surface area contributed by atoms with Gasteiger partial charge in [0.1, 0.15) is 0 Å². The van der Waals surface area contributed by atoms with Crippen molar-refractivity contribution in [3.05, 3.63) is 44.4 Å². The van der Waals surface area contributed by atoms with Crippen molar-refractivity contribution < 1.29 is 98.1 Å². The van der Waals surface area contributed by atoms with Crippen molar-refractivity contribution in [2.45, 2.75) is 26.2 Å². The van der Waals surface area contributed by atoms with Gasteiger partial charge in [0, 0.05) is 62.2 Å². The summed E-state index contributed by atoms with van der Waals surface area (Å²) in [6.07, 6.45) is 3.51. The van der Waals surface area contributed by atoms with Crippen molar-refractivity contribution in [2.75, 3.05) is 0 Å². The minimum absolute atomic E-state index is 0. The Bertz CT molecular complexity index is 241. The molecule has 1 rings (SSSR count). The first-order valence-corrected chi connectivity index (χ1v) is 4.38. The van der Waals surface area contributed by atoms with Crippen molar-refractivity contribution in [3.63, 3.8) is 0 Å². The maximum Gasteiger partial charge on any atom is 2.00 e. The van der Waals surface area contributed by atoms with E-state index in [0.29, 0.717) is 0 Å². The van der Waals surface area contributed by atoms with Gasteiger partial charge in [-0.2, -0.15) is 7.11 Å². The van der Waals surface area contributed by atoms with Gasteiger partial charge in [-0.1, -0.05) is 31.5 Å². The predicted octanol–water partition coefficient (Wildman–Crippen LogP) is 3.65. The van der Waals surface area contributed by atoms with Crippen molar-refractivity contribution >= 4 is 0 Å². The normalized spacial score (nSPS) is 7.38. The summed E-state index contributed by atoms with van der Waals surface area (Å²) in [5.74, 6) is 0.908. The SMILES string of the molecule is [CH2-]Oc1ccccc1CCCC.[CH3-].[U+2].[U].[U]. The third-order valence-electron chi connectivity index (χ3n) is 1.93. The molecule has 84 valence electrons. The van der Waals surface area contributed by atoms with Gasteiger partial charge in [-0.15, -0.1) is 0 Å². The average molecular weight is 892 g/mol. The van der Waals surface area contributed by atoms with Crippen molar-refractivity contribution in [1.29, 1.82) is 0 Å². The van der Waals surface area contributed by atoms with E-state index in [1.807, 2.05) is 18.2 Å². The van der Waals surface area contributed by atoms with Crippen LogP contribution in [0.2, 0.25) is 0 Å². The fourth-order valence-electron chi connectivity index (χ4n) is 1.22. The quantitative estimate of drug-likeness (QED) is 0.421. The molecule has 0 heterocycles. The fraction of sp³-hybridized carbons (Fsp3) is 0.333. The maximum absolute atomic E-state index is 4.99. The average Bonchev–Trinajstić information content (AvgIpc) is 2.15. The zero-order valence-corrected chi connectivity index (χ0v) is 22.5. The van der Waals surface area contributed by atoms with Crippen molar-refractivity contribution in [1.82, 2.24) is 0 Å². The summed E-state index contributed by atoms with van der Waals surface area (Å²) in [5.41, 5.74) is 1.26. The molecule has 0 aromatic heterocycles. The Morgan fingerprint density at radius 1 is 1.19 bits per heavy atom. The zero-order valence-electron chi connectivity index (χ0n) is 10.0. The Balaban J connectivity index is -0.000000180. The Morgan fingerprint density at radius 2 is 1.75 bits per heavy atom. The monoisotopic (exact) mass is 892 g/mol. The van der Waals surface area contributed by atoms with Gasteiger partial charge >= 0.3 is 31.1 Å². The molecule has 1 nitrogen and oxygen atoms in total. The molecule has 0 spiro atoms. The number of benzene rings is 1. The zero-order chi connectivity index (χ0) is 8.81. The summed E-state index contributed by atoms with van der Waals surface area (Å²) in [4.78, 5) is 0. The number of hydrogen-bond donors (Lipinski definition) is 0. The van der Waals surface area contributed by atoms with Crippen LogP contribution in [0.3, 0.4) is 0 Å². The molecule has 0 N–H and O–H groups in total. The van der Waals surface area contributed by atoms with Crippen LogP contribution in [0, 0.1) is 108 Å². The summed E-state index contributed by atoms with van der Waals surface area (Å²) in [7, 11) is 3.42. The van der Waals surface area contributed by atoms with E-state index in [1.165, 1.54) is 18.4 Å². The molecule has 0 atom stereocenters. The molecule has 4 heteroatoms. The second-order valence-electron chi connectivity index (χ2n) is 2.86. The molecule has 1 aromatic carbocycles. The van der Waals surface area contributed by atoms with E-state index in [9.17, 15) is 0 Å². The first-order chi connectivity index (χ1) is 5.88. The van der Waals surface area contributed by atoms with Crippen LogP contribution < -0.4 is 4.74 Å². The molecule has 0 aliphatic carbocycles. The molecule has 0 saturated carbocycles. The van der Waals surface area contributed by atoms with Crippen LogP contribution in [0.5, 0.6) is 5.75 Å². The van der Waals surface area contributed by atoms with Crippen LogP contribution in [-0.2, 0) is 6.42 Å². The van der Waals surface area contributed by atoms with Gasteiger partial charge < -0.3 is 12.2 Å². The van der Waals surface area contributed by atoms with E-state index < -0.39 is 0 Å². The summed E-state index contributed by atoms with van der Waals surface area (Å²) >= 11 is 0. The van der Waals surface area contributed by atoms with E-state index >= 15 is 0 Å². The van der Waals surface area contributed by atoms with Gasteiger partial charge in [0.15, 0.2) is 0 Å². The topological polar surface area (TPSA) is 9.23 Å². The smallest absolute Gasteiger partial charge is 0.665 e. The third-order valence-corrected chi connectivity index (χ3v) is 1.93. The number of unbranched alkanes of at least 4 members (excludes halogenated alkanes) is 1. The molecule has 0 saturated heterocycles. The molecular formula is C12H18OU3. The van der Waals surface area contributed by atoms with Gasteiger partial charge in [0.2, 0.25) is 0 Å². The Labute approximate surface area is 171 Å². The first kappa shape index (κ1) is 26.7. The summed E-state index contributed by atoms with van der Waals surface area (Å²) in [6.45, 7) is 2.19. The van der Waals surface area contributed by atoms with Gasteiger partial charge in [-0.3, -0.25) is 0 Å². The maximum atomic E-state index is 4.99. The van der Waals surface area contributed by atoms with Crippen LogP contribution in [0.4, 0.5) is 0 Å². The molecule has 1 aromatic rings. The van der Waals surface area contributed by atoms with Gasteiger partial charge in [-0.05, 0) is 24.5 Å². The second-order valence-corrected chi connectivity index (χ2v) is 2.86. The van der Waals surface area contributed by atoms with Gasteiger partial charge in [0.25, 0.3) is 0 Å². The van der Waals surface area contributed by atoms with E-state index in [-0.39, 0.29) is 101 Å². The Morgan fingerprint density at radius 3 is 2.25 bits per heavy atom. The predicted molar refractivity (Wildman–Crippen MR) is 57.5 cm³/mol. The van der Waals surface area contributed by atoms with Crippen LogP contribution in [0.25, 0.3) is 0 Å². The van der Waals surface area contributed by atoms with Crippen LogP contribution in [-0.4, -0.2) is 0 Å². The number of hydrogen-bond acceptors (Lipinski definition) is 1. The molecule has 0 bridgehead atoms. The molecule has 16 heavy (non-hydrogen) atoms. The van der Waals surface area contributed by atoms with Crippen LogP contribution in [0.1, 0.15) is 25.3 Å². The molecule has 0 radical (unpaired) electrons. The van der Waals surface area contributed by atoms with E-state index in [1.54, 1.807) is 0 Å². The van der Waals surface area contributed by atoms with Crippen LogP contribution in [0.15, 0.2) is 24.3 Å². The van der Waals surface area contributed by atoms with Gasteiger partial charge in [-0.25, -0.2) is 0 Å².